The minimum Gasteiger partial charge on any atom is -0.337 e. The van der Waals surface area contributed by atoms with E-state index in [0.717, 1.165) is 81.5 Å². The molecule has 0 bridgehead atoms. The number of hydrogen-bond acceptors (Lipinski definition) is 3. The first-order valence-corrected chi connectivity index (χ1v) is 10.1. The molecule has 28 heavy (non-hydrogen) atoms. The van der Waals surface area contributed by atoms with Crippen molar-refractivity contribution in [1.82, 2.24) is 20.0 Å². The molecule has 0 unspecified atom stereocenters. The van der Waals surface area contributed by atoms with Gasteiger partial charge in [-0.05, 0) is 70.2 Å². The topological polar surface area (TPSA) is 50.2 Å². The zero-order valence-electron chi connectivity index (χ0n) is 16.2. The highest BCUT2D eigenvalue weighted by Crippen LogP contribution is 2.30. The van der Waals surface area contributed by atoms with Gasteiger partial charge in [-0.3, -0.25) is 4.79 Å². The van der Waals surface area contributed by atoms with Gasteiger partial charge in [-0.15, -0.1) is 0 Å². The zero-order valence-corrected chi connectivity index (χ0v) is 16.2. The smallest absolute Gasteiger partial charge is 0.274 e. The van der Waals surface area contributed by atoms with E-state index < -0.39 is 11.6 Å². The van der Waals surface area contributed by atoms with Crippen molar-refractivity contribution < 1.29 is 13.6 Å². The summed E-state index contributed by atoms with van der Waals surface area (Å²) >= 11 is 0. The molecule has 1 aliphatic carbocycles. The molecule has 0 radical (unpaired) electrons. The van der Waals surface area contributed by atoms with Crippen molar-refractivity contribution in [2.24, 2.45) is 5.92 Å². The predicted molar refractivity (Wildman–Crippen MR) is 103 cm³/mol. The van der Waals surface area contributed by atoms with E-state index in [1.165, 1.54) is 6.07 Å². The molecule has 1 aromatic carbocycles. The normalized spacial score (nSPS) is 17.2. The number of fused-ring (bicyclic) bond motifs is 1. The number of halogens is 2. The van der Waals surface area contributed by atoms with Crippen LogP contribution in [0.5, 0.6) is 0 Å². The van der Waals surface area contributed by atoms with Crippen molar-refractivity contribution >= 4 is 5.91 Å². The molecule has 0 saturated carbocycles. The van der Waals surface area contributed by atoms with E-state index >= 15 is 0 Å². The second-order valence-corrected chi connectivity index (χ2v) is 7.77. The van der Waals surface area contributed by atoms with Gasteiger partial charge in [0, 0.05) is 30.4 Å². The highest BCUT2D eigenvalue weighted by molar-refractivity contribution is 5.94. The van der Waals surface area contributed by atoms with Crippen molar-refractivity contribution in [2.75, 3.05) is 26.7 Å². The van der Waals surface area contributed by atoms with Crippen molar-refractivity contribution in [1.29, 1.82) is 0 Å². The Morgan fingerprint density at radius 3 is 2.71 bits per heavy atom. The van der Waals surface area contributed by atoms with Crippen LogP contribution in [0.2, 0.25) is 0 Å². The Balaban J connectivity index is 1.56. The molecule has 2 aliphatic rings. The maximum absolute atomic E-state index is 13.7. The van der Waals surface area contributed by atoms with Crippen LogP contribution in [0.4, 0.5) is 8.78 Å². The summed E-state index contributed by atoms with van der Waals surface area (Å²) < 4.78 is 28.6. The van der Waals surface area contributed by atoms with E-state index in [1.54, 1.807) is 4.68 Å². The molecule has 0 spiro atoms. The second-order valence-electron chi connectivity index (χ2n) is 7.77. The van der Waals surface area contributed by atoms with Crippen molar-refractivity contribution in [2.45, 2.75) is 38.5 Å². The molecule has 1 N–H and O–H groups in total. The number of piperidine rings is 1. The fraction of sp³-hybridized carbons (Fsp3) is 0.524. The average Bonchev–Trinajstić information content (AvgIpc) is 3.31. The molecule has 1 saturated heterocycles. The predicted octanol–water partition coefficient (Wildman–Crippen LogP) is 3.10. The molecule has 5 nitrogen and oxygen atoms in total. The summed E-state index contributed by atoms with van der Waals surface area (Å²) in [4.78, 5) is 15.0. The number of carbonyl (C=O) groups is 1. The molecule has 7 heteroatoms. The molecule has 1 aromatic heterocycles. The first-order chi connectivity index (χ1) is 13.6. The number of nitrogens with zero attached hydrogens (tertiary/aromatic N) is 3. The van der Waals surface area contributed by atoms with Crippen LogP contribution in [-0.4, -0.2) is 47.3 Å². The number of likely N-dealkylation sites (tertiary alicyclic amines) is 1. The van der Waals surface area contributed by atoms with Gasteiger partial charge < -0.3 is 10.2 Å². The molecular formula is C21H26F2N4O. The van der Waals surface area contributed by atoms with E-state index in [4.69, 9.17) is 0 Å². The number of hydrogen-bond donors (Lipinski definition) is 1. The molecular weight excluding hydrogens is 362 g/mol. The quantitative estimate of drug-likeness (QED) is 0.856. The fourth-order valence-electron chi connectivity index (χ4n) is 4.36. The summed E-state index contributed by atoms with van der Waals surface area (Å²) in [6.07, 6.45) is 5.71. The first kappa shape index (κ1) is 19.1. The van der Waals surface area contributed by atoms with Gasteiger partial charge in [0.15, 0.2) is 17.3 Å². The zero-order chi connectivity index (χ0) is 19.7. The van der Waals surface area contributed by atoms with Gasteiger partial charge in [0.25, 0.3) is 5.91 Å². The summed E-state index contributed by atoms with van der Waals surface area (Å²) in [5.74, 6) is -1.17. The molecule has 2 heterocycles. The number of rotatable bonds is 5. The van der Waals surface area contributed by atoms with Gasteiger partial charge in [-0.25, -0.2) is 13.5 Å². The van der Waals surface area contributed by atoms with Crippen LogP contribution in [0.3, 0.4) is 0 Å². The van der Waals surface area contributed by atoms with Crippen molar-refractivity contribution in [3.8, 4) is 5.69 Å². The Morgan fingerprint density at radius 1 is 1.21 bits per heavy atom. The summed E-state index contributed by atoms with van der Waals surface area (Å²) in [7, 11) is 1.96. The Bertz CT molecular complexity index is 872. The summed E-state index contributed by atoms with van der Waals surface area (Å²) in [6.45, 7) is 2.50. The Hall–Kier alpha value is -2.28. The van der Waals surface area contributed by atoms with Crippen molar-refractivity contribution in [3.63, 3.8) is 0 Å². The molecule has 2 aromatic rings. The van der Waals surface area contributed by atoms with Crippen LogP contribution in [0.15, 0.2) is 18.2 Å². The standard InChI is InChI=1S/C21H26F2N4O/c1-24-10-7-14-8-11-26(12-9-14)21(28)20-16-3-2-4-19(16)27(25-20)15-5-6-17(22)18(23)13-15/h5-6,13-14,24H,2-4,7-12H2,1H3. The number of nitrogens with one attached hydrogen (secondary N) is 1. The largest absolute Gasteiger partial charge is 0.337 e. The minimum atomic E-state index is -0.906. The number of carbonyl (C=O) groups excluding carboxylic acids is 1. The average molecular weight is 388 g/mol. The Kier molecular flexibility index (Phi) is 5.44. The first-order valence-electron chi connectivity index (χ1n) is 10.1. The molecule has 1 fully saturated rings. The number of amides is 1. The third kappa shape index (κ3) is 3.55. The summed E-state index contributed by atoms with van der Waals surface area (Å²) in [5, 5.41) is 7.73. The molecule has 1 amide bonds. The van der Waals surface area contributed by atoms with Gasteiger partial charge in [0.05, 0.1) is 5.69 Å². The Morgan fingerprint density at radius 2 is 2.00 bits per heavy atom. The van der Waals surface area contributed by atoms with Crippen LogP contribution in [0.1, 0.15) is 47.4 Å². The molecule has 150 valence electrons. The van der Waals surface area contributed by atoms with E-state index in [1.807, 2.05) is 11.9 Å². The Labute approximate surface area is 163 Å². The number of benzene rings is 1. The summed E-state index contributed by atoms with van der Waals surface area (Å²) in [6, 6.07) is 3.75. The maximum Gasteiger partial charge on any atom is 0.274 e. The van der Waals surface area contributed by atoms with Gasteiger partial charge in [0.2, 0.25) is 0 Å². The van der Waals surface area contributed by atoms with Gasteiger partial charge >= 0.3 is 0 Å². The van der Waals surface area contributed by atoms with Crippen LogP contribution in [-0.2, 0) is 12.8 Å². The summed E-state index contributed by atoms with van der Waals surface area (Å²) in [5.41, 5.74) is 2.85. The third-order valence-corrected chi connectivity index (χ3v) is 5.98. The van der Waals surface area contributed by atoms with Crippen LogP contribution < -0.4 is 5.32 Å². The minimum absolute atomic E-state index is 0.0356. The fourth-order valence-corrected chi connectivity index (χ4v) is 4.36. The number of aromatic nitrogens is 2. The molecule has 4 rings (SSSR count). The van der Waals surface area contributed by atoms with E-state index in [0.29, 0.717) is 17.3 Å². The highest BCUT2D eigenvalue weighted by Gasteiger charge is 2.31. The lowest BCUT2D eigenvalue weighted by Crippen LogP contribution is -2.39. The van der Waals surface area contributed by atoms with E-state index in [9.17, 15) is 13.6 Å². The van der Waals surface area contributed by atoms with Crippen molar-refractivity contribution in [3.05, 3.63) is 46.8 Å². The second kappa shape index (κ2) is 7.99. The van der Waals surface area contributed by atoms with Gasteiger partial charge in [-0.2, -0.15) is 5.10 Å². The lowest BCUT2D eigenvalue weighted by atomic mass is 9.93. The van der Waals surface area contributed by atoms with E-state index in [2.05, 4.69) is 10.4 Å². The highest BCUT2D eigenvalue weighted by atomic mass is 19.2. The van der Waals surface area contributed by atoms with Gasteiger partial charge in [-0.1, -0.05) is 0 Å². The van der Waals surface area contributed by atoms with Crippen LogP contribution in [0, 0.1) is 17.6 Å². The lowest BCUT2D eigenvalue weighted by Gasteiger charge is -2.31. The molecule has 1 aliphatic heterocycles. The monoisotopic (exact) mass is 388 g/mol. The third-order valence-electron chi connectivity index (χ3n) is 5.98. The molecule has 0 atom stereocenters. The van der Waals surface area contributed by atoms with Gasteiger partial charge in [0.1, 0.15) is 0 Å². The van der Waals surface area contributed by atoms with E-state index in [-0.39, 0.29) is 5.91 Å². The SMILES string of the molecule is CNCCC1CCN(C(=O)c2nn(-c3ccc(F)c(F)c3)c3c2CCC3)CC1. The van der Waals surface area contributed by atoms with Crippen LogP contribution >= 0.6 is 0 Å². The lowest BCUT2D eigenvalue weighted by molar-refractivity contribution is 0.0679. The van der Waals surface area contributed by atoms with Crippen LogP contribution in [0.25, 0.3) is 5.69 Å². The maximum atomic E-state index is 13.7.